The van der Waals surface area contributed by atoms with Gasteiger partial charge in [-0.05, 0) is 37.6 Å². The summed E-state index contributed by atoms with van der Waals surface area (Å²) < 4.78 is 29.7. The lowest BCUT2D eigenvalue weighted by Crippen LogP contribution is -2.38. The number of fused-ring (bicyclic) bond motifs is 1. The Hall–Kier alpha value is -2.43. The molecule has 0 radical (unpaired) electrons. The number of hydrogen-bond donors (Lipinski definition) is 1. The van der Waals surface area contributed by atoms with Crippen molar-refractivity contribution in [2.45, 2.75) is 19.4 Å². The number of sulfone groups is 1. The number of hydrogen-bond acceptors (Lipinski definition) is 7. The minimum atomic E-state index is -3.09. The number of esters is 1. The third kappa shape index (κ3) is 4.35. The molecule has 11 heteroatoms. The summed E-state index contributed by atoms with van der Waals surface area (Å²) in [6, 6.07) is 8.48. The Labute approximate surface area is 181 Å². The van der Waals surface area contributed by atoms with Gasteiger partial charge in [0.2, 0.25) is 0 Å². The molecule has 0 unspecified atom stereocenters. The molecular formula is C19H18ClN3O5S2. The van der Waals surface area contributed by atoms with Crippen molar-refractivity contribution in [1.82, 2.24) is 15.1 Å². The molecule has 1 aliphatic rings. The number of thiophene rings is 1. The molecule has 3 aromatic rings. The van der Waals surface area contributed by atoms with Crippen LogP contribution in [-0.2, 0) is 19.4 Å². The average molecular weight is 468 g/mol. The van der Waals surface area contributed by atoms with E-state index in [0.29, 0.717) is 16.3 Å². The minimum Gasteiger partial charge on any atom is -0.451 e. The van der Waals surface area contributed by atoms with E-state index in [-0.39, 0.29) is 11.5 Å². The van der Waals surface area contributed by atoms with E-state index >= 15 is 0 Å². The lowest BCUT2D eigenvalue weighted by Gasteiger charge is -2.10. The number of amides is 1. The maximum Gasteiger partial charge on any atom is 0.348 e. The van der Waals surface area contributed by atoms with E-state index < -0.39 is 34.4 Å². The lowest BCUT2D eigenvalue weighted by molar-refractivity contribution is -0.124. The molecule has 1 saturated heterocycles. The van der Waals surface area contributed by atoms with Crippen molar-refractivity contribution in [3.63, 3.8) is 0 Å². The van der Waals surface area contributed by atoms with E-state index in [1.807, 2.05) is 19.1 Å². The number of nitrogens with zero attached hydrogens (tertiary/aromatic N) is 2. The molecule has 1 N–H and O–H groups in total. The smallest absolute Gasteiger partial charge is 0.348 e. The average Bonchev–Trinajstić information content (AvgIpc) is 3.34. The van der Waals surface area contributed by atoms with Crippen LogP contribution in [0.3, 0.4) is 0 Å². The van der Waals surface area contributed by atoms with Gasteiger partial charge in [0.25, 0.3) is 5.91 Å². The van der Waals surface area contributed by atoms with Crippen molar-refractivity contribution >= 4 is 54.9 Å². The molecule has 1 amide bonds. The summed E-state index contributed by atoms with van der Waals surface area (Å²) in [5, 5.41) is 8.48. The molecule has 4 rings (SSSR count). The first kappa shape index (κ1) is 20.8. The zero-order chi connectivity index (χ0) is 21.5. The topological polar surface area (TPSA) is 107 Å². The monoisotopic (exact) mass is 467 g/mol. The largest absolute Gasteiger partial charge is 0.451 e. The molecule has 1 fully saturated rings. The van der Waals surface area contributed by atoms with Gasteiger partial charge >= 0.3 is 5.97 Å². The first-order valence-corrected chi connectivity index (χ1v) is 12.2. The number of aromatic nitrogens is 2. The van der Waals surface area contributed by atoms with Gasteiger partial charge in [0.15, 0.2) is 16.4 Å². The fraction of sp³-hybridized carbons (Fsp3) is 0.316. The van der Waals surface area contributed by atoms with Crippen LogP contribution in [-0.4, -0.2) is 54.2 Å². The number of rotatable bonds is 5. The molecule has 0 aliphatic carbocycles. The maximum absolute atomic E-state index is 12.4. The van der Waals surface area contributed by atoms with Crippen molar-refractivity contribution in [2.75, 3.05) is 18.1 Å². The van der Waals surface area contributed by atoms with Crippen LogP contribution in [0.15, 0.2) is 30.3 Å². The Morgan fingerprint density at radius 3 is 2.87 bits per heavy atom. The van der Waals surface area contributed by atoms with Crippen LogP contribution in [0.25, 0.3) is 15.9 Å². The highest BCUT2D eigenvalue weighted by molar-refractivity contribution is 7.91. The van der Waals surface area contributed by atoms with Crippen molar-refractivity contribution in [2.24, 2.45) is 0 Å². The zero-order valence-corrected chi connectivity index (χ0v) is 18.3. The first-order valence-electron chi connectivity index (χ1n) is 9.14. The van der Waals surface area contributed by atoms with Gasteiger partial charge in [-0.1, -0.05) is 17.7 Å². The molecule has 2 aromatic heterocycles. The summed E-state index contributed by atoms with van der Waals surface area (Å²) >= 11 is 7.28. The van der Waals surface area contributed by atoms with Crippen LogP contribution in [0.4, 0.5) is 0 Å². The number of carbonyl (C=O) groups excluding carboxylic acids is 2. The number of ether oxygens (including phenoxy) is 1. The van der Waals surface area contributed by atoms with Crippen molar-refractivity contribution in [3.8, 4) is 5.69 Å². The van der Waals surface area contributed by atoms with Crippen molar-refractivity contribution in [1.29, 1.82) is 0 Å². The predicted molar refractivity (Wildman–Crippen MR) is 114 cm³/mol. The Kier molecular flexibility index (Phi) is 5.56. The number of carbonyl (C=O) groups is 2. The quantitative estimate of drug-likeness (QED) is 0.578. The van der Waals surface area contributed by atoms with E-state index in [2.05, 4.69) is 10.4 Å². The van der Waals surface area contributed by atoms with E-state index in [4.69, 9.17) is 16.3 Å². The highest BCUT2D eigenvalue weighted by Crippen LogP contribution is 2.31. The molecule has 0 bridgehead atoms. The third-order valence-corrected chi connectivity index (χ3v) is 7.82. The summed E-state index contributed by atoms with van der Waals surface area (Å²) in [6.45, 7) is 1.37. The predicted octanol–water partition coefficient (Wildman–Crippen LogP) is 2.51. The van der Waals surface area contributed by atoms with Crippen LogP contribution in [0.5, 0.6) is 0 Å². The van der Waals surface area contributed by atoms with E-state index in [9.17, 15) is 18.0 Å². The molecule has 1 aromatic carbocycles. The second kappa shape index (κ2) is 8.01. The summed E-state index contributed by atoms with van der Waals surface area (Å²) in [6.07, 6.45) is 0.373. The van der Waals surface area contributed by atoms with Crippen LogP contribution in [0.1, 0.15) is 21.8 Å². The van der Waals surface area contributed by atoms with Gasteiger partial charge in [0.05, 0.1) is 22.9 Å². The van der Waals surface area contributed by atoms with Gasteiger partial charge in [-0.15, -0.1) is 11.3 Å². The Bertz CT molecular complexity index is 1250. The molecule has 158 valence electrons. The summed E-state index contributed by atoms with van der Waals surface area (Å²) in [4.78, 5) is 25.5. The molecule has 0 saturated carbocycles. The highest BCUT2D eigenvalue weighted by Gasteiger charge is 2.29. The van der Waals surface area contributed by atoms with Crippen molar-refractivity contribution in [3.05, 3.63) is 45.9 Å². The molecule has 3 heterocycles. The summed E-state index contributed by atoms with van der Waals surface area (Å²) in [5.41, 5.74) is 1.52. The van der Waals surface area contributed by atoms with Gasteiger partial charge in [-0.25, -0.2) is 17.9 Å². The second-order valence-corrected chi connectivity index (χ2v) is 10.7. The fourth-order valence-electron chi connectivity index (χ4n) is 3.31. The summed E-state index contributed by atoms with van der Waals surface area (Å²) in [5.74, 6) is -1.17. The Balaban J connectivity index is 1.45. The van der Waals surface area contributed by atoms with Gasteiger partial charge in [-0.3, -0.25) is 4.79 Å². The van der Waals surface area contributed by atoms with E-state index in [1.165, 1.54) is 11.3 Å². The highest BCUT2D eigenvalue weighted by atomic mass is 35.5. The van der Waals surface area contributed by atoms with Crippen LogP contribution < -0.4 is 5.32 Å². The molecular weight excluding hydrogens is 450 g/mol. The molecule has 8 nitrogen and oxygen atoms in total. The standard InChI is InChI=1S/C19H18ClN3O5S2/c1-11-15-8-16(29-18(15)23(22-11)14-4-2-3-12(20)7-14)19(25)28-9-17(24)21-13-5-6-30(26,27)10-13/h2-4,7-8,13H,5-6,9-10H2,1H3,(H,21,24)/t13-/m1/s1. The third-order valence-electron chi connectivity index (χ3n) is 4.73. The normalized spacial score (nSPS) is 17.9. The number of halogens is 1. The minimum absolute atomic E-state index is 0.0580. The Morgan fingerprint density at radius 2 is 2.17 bits per heavy atom. The van der Waals surface area contributed by atoms with E-state index in [1.54, 1.807) is 22.9 Å². The zero-order valence-electron chi connectivity index (χ0n) is 15.9. The Morgan fingerprint density at radius 1 is 1.37 bits per heavy atom. The molecule has 1 aliphatic heterocycles. The number of nitrogens with one attached hydrogen (secondary N) is 1. The SMILES string of the molecule is Cc1nn(-c2cccc(Cl)c2)c2sc(C(=O)OCC(=O)N[C@@H]3CCS(=O)(=O)C3)cc12. The van der Waals surface area contributed by atoms with Crippen LogP contribution in [0, 0.1) is 6.92 Å². The molecule has 1 atom stereocenters. The van der Waals surface area contributed by atoms with Gasteiger partial charge in [-0.2, -0.15) is 5.10 Å². The molecule has 30 heavy (non-hydrogen) atoms. The lowest BCUT2D eigenvalue weighted by atomic mass is 10.2. The van der Waals surface area contributed by atoms with Crippen molar-refractivity contribution < 1.29 is 22.7 Å². The van der Waals surface area contributed by atoms with Gasteiger partial charge < -0.3 is 10.1 Å². The summed E-state index contributed by atoms with van der Waals surface area (Å²) in [7, 11) is -3.09. The van der Waals surface area contributed by atoms with Gasteiger partial charge in [0.1, 0.15) is 9.71 Å². The fourth-order valence-corrected chi connectivity index (χ4v) is 6.25. The number of benzene rings is 1. The van der Waals surface area contributed by atoms with Gasteiger partial charge in [0, 0.05) is 16.5 Å². The maximum atomic E-state index is 12.4. The second-order valence-electron chi connectivity index (χ2n) is 7.05. The molecule has 0 spiro atoms. The van der Waals surface area contributed by atoms with E-state index in [0.717, 1.165) is 21.6 Å². The van der Waals surface area contributed by atoms with Crippen LogP contribution in [0.2, 0.25) is 5.02 Å². The van der Waals surface area contributed by atoms with Crippen LogP contribution >= 0.6 is 22.9 Å². The first-order chi connectivity index (χ1) is 14.2. The number of aryl methyl sites for hydroxylation is 1.